The maximum Gasteiger partial charge on any atom is 1.00 e. The summed E-state index contributed by atoms with van der Waals surface area (Å²) in [5, 5.41) is 5.87. The van der Waals surface area contributed by atoms with Crippen LogP contribution in [0.3, 0.4) is 0 Å². The molecule has 158 valence electrons. The molecule has 2 N–H and O–H groups in total. The zero-order valence-electron chi connectivity index (χ0n) is 18.0. The van der Waals surface area contributed by atoms with Crippen LogP contribution in [0.2, 0.25) is 0 Å². The summed E-state index contributed by atoms with van der Waals surface area (Å²) >= 11 is 0. The molecule has 30 heavy (non-hydrogen) atoms. The first-order valence-electron chi connectivity index (χ1n) is 9.45. The summed E-state index contributed by atoms with van der Waals surface area (Å²) in [6.07, 6.45) is 0.942. The van der Waals surface area contributed by atoms with E-state index in [2.05, 4.69) is 31.4 Å². The number of carbonyl (C=O) groups is 1. The van der Waals surface area contributed by atoms with Gasteiger partial charge in [-0.15, -0.1) is 13.1 Å². The molecule has 7 heteroatoms. The second kappa shape index (κ2) is 11.4. The molecule has 3 rings (SSSR count). The van der Waals surface area contributed by atoms with Crippen LogP contribution in [-0.2, 0) is 12.3 Å². The minimum atomic E-state index is -3.00. The molecule has 0 aromatic heterocycles. The fraction of sp³-hybridized carbons (Fsp3) is 0.304. The second-order valence-electron chi connectivity index (χ2n) is 7.07. The number of fused-ring (bicyclic) bond motifs is 1. The summed E-state index contributed by atoms with van der Waals surface area (Å²) in [7, 11) is 1.99. The van der Waals surface area contributed by atoms with E-state index >= 15 is 0 Å². The molecular weight excluding hydrogens is 379 g/mol. The number of nitrogens with one attached hydrogen (secondary N) is 2. The minimum absolute atomic E-state index is 0. The van der Waals surface area contributed by atoms with Crippen molar-refractivity contribution in [3.63, 3.8) is 0 Å². The monoisotopic (exact) mass is 407 g/mol. The Bertz CT molecular complexity index is 849. The third-order valence-electron chi connectivity index (χ3n) is 4.69. The van der Waals surface area contributed by atoms with E-state index in [1.165, 1.54) is 17.7 Å². The molecule has 0 bridgehead atoms. The summed E-state index contributed by atoms with van der Waals surface area (Å²) in [6, 6.07) is 9.75. The van der Waals surface area contributed by atoms with Crippen molar-refractivity contribution in [1.82, 2.24) is 4.90 Å². The fourth-order valence-electron chi connectivity index (χ4n) is 2.81. The quantitative estimate of drug-likeness (QED) is 0.587. The summed E-state index contributed by atoms with van der Waals surface area (Å²) in [6.45, 7) is 14.3. The van der Waals surface area contributed by atoms with Crippen molar-refractivity contribution in [2.45, 2.75) is 19.3 Å². The molecule has 0 saturated heterocycles. The first-order valence-corrected chi connectivity index (χ1v) is 9.45. The summed E-state index contributed by atoms with van der Waals surface area (Å²) in [4.78, 5) is 14.3. The van der Waals surface area contributed by atoms with Gasteiger partial charge in [-0.05, 0) is 38.1 Å². The van der Waals surface area contributed by atoms with Crippen molar-refractivity contribution in [1.29, 1.82) is 0 Å². The molecule has 1 aliphatic rings. The predicted octanol–water partition coefficient (Wildman–Crippen LogP) is 1.79. The SMILES string of the molecule is [CH2-]CN(C)C[CH2-].[CH2-]c1ccc(NC(=O)c2ccc3c(c2)NCC3)cc1C(C)(F)F.[Li+]. The number of hydrogen-bond donors (Lipinski definition) is 2. The number of benzene rings is 2. The van der Waals surface area contributed by atoms with Gasteiger partial charge >= 0.3 is 18.9 Å². The summed E-state index contributed by atoms with van der Waals surface area (Å²) in [5.74, 6) is -3.33. The van der Waals surface area contributed by atoms with Crippen LogP contribution in [0.25, 0.3) is 0 Å². The number of halogens is 2. The maximum absolute atomic E-state index is 13.5. The Hall–Kier alpha value is -2.00. The molecule has 1 heterocycles. The molecule has 0 atom stereocenters. The first kappa shape index (κ1) is 26.0. The number of nitrogens with zero attached hydrogens (tertiary/aromatic N) is 1. The average molecular weight is 407 g/mol. The third-order valence-corrected chi connectivity index (χ3v) is 4.69. The van der Waals surface area contributed by atoms with Gasteiger partial charge in [0.25, 0.3) is 5.91 Å². The number of rotatable bonds is 5. The Morgan fingerprint density at radius 2 is 1.87 bits per heavy atom. The zero-order valence-corrected chi connectivity index (χ0v) is 18.0. The van der Waals surface area contributed by atoms with Crippen molar-refractivity contribution in [2.75, 3.05) is 37.3 Å². The molecule has 0 unspecified atom stereocenters. The second-order valence-corrected chi connectivity index (χ2v) is 7.07. The van der Waals surface area contributed by atoms with Gasteiger partial charge in [0.2, 0.25) is 5.92 Å². The molecule has 1 amide bonds. The van der Waals surface area contributed by atoms with Gasteiger partial charge in [0, 0.05) is 23.5 Å². The van der Waals surface area contributed by atoms with Gasteiger partial charge in [0.15, 0.2) is 0 Å². The average Bonchev–Trinajstić information content (AvgIpc) is 3.16. The van der Waals surface area contributed by atoms with Gasteiger partial charge in [-0.2, -0.15) is 18.6 Å². The van der Waals surface area contributed by atoms with Gasteiger partial charge in [-0.3, -0.25) is 4.79 Å². The molecule has 0 aliphatic carbocycles. The fourth-order valence-corrected chi connectivity index (χ4v) is 2.81. The Labute approximate surface area is 190 Å². The molecule has 0 fully saturated rings. The van der Waals surface area contributed by atoms with Gasteiger partial charge in [-0.1, -0.05) is 23.8 Å². The van der Waals surface area contributed by atoms with E-state index in [4.69, 9.17) is 0 Å². The maximum atomic E-state index is 13.5. The number of hydrogen-bond acceptors (Lipinski definition) is 3. The summed E-state index contributed by atoms with van der Waals surface area (Å²) < 4.78 is 27.1. The van der Waals surface area contributed by atoms with Crippen LogP contribution < -0.4 is 29.5 Å². The van der Waals surface area contributed by atoms with Crippen LogP contribution >= 0.6 is 0 Å². The molecular formula is C23H28F2LiN3O-2. The number of carbonyl (C=O) groups excluding carboxylic acids is 1. The van der Waals surface area contributed by atoms with Gasteiger partial charge in [0.05, 0.1) is 0 Å². The first-order chi connectivity index (χ1) is 13.7. The van der Waals surface area contributed by atoms with E-state index in [0.29, 0.717) is 11.3 Å². The van der Waals surface area contributed by atoms with Crippen LogP contribution in [0.1, 0.15) is 34.0 Å². The van der Waals surface area contributed by atoms with Crippen molar-refractivity contribution in [3.05, 3.63) is 79.4 Å². The number of anilines is 2. The van der Waals surface area contributed by atoms with Crippen molar-refractivity contribution in [3.8, 4) is 0 Å². The molecule has 2 aromatic rings. The molecule has 0 radical (unpaired) electrons. The minimum Gasteiger partial charge on any atom is -0.384 e. The van der Waals surface area contributed by atoms with Crippen LogP contribution in [-0.4, -0.2) is 37.5 Å². The molecule has 0 spiro atoms. The summed E-state index contributed by atoms with van der Waals surface area (Å²) in [5.41, 5.74) is 3.00. The zero-order chi connectivity index (χ0) is 21.6. The van der Waals surface area contributed by atoms with E-state index in [-0.39, 0.29) is 35.9 Å². The van der Waals surface area contributed by atoms with Gasteiger partial charge < -0.3 is 29.4 Å². The largest absolute Gasteiger partial charge is 1.00 e. The van der Waals surface area contributed by atoms with E-state index < -0.39 is 5.92 Å². The van der Waals surface area contributed by atoms with Crippen molar-refractivity contribution in [2.24, 2.45) is 0 Å². The standard InChI is InChI=1S/C18H17F2N2O.C5H11N.Li/c1-11-3-6-14(10-15(11)18(2,19)20)22-17(23)13-5-4-12-7-8-21-16(12)9-13;1-4-6(3)5-2;/h3-6,9-10,21H,1,7-8H2,2H3,(H,22,23);1-2,4-5H2,3H3;/q-1;-2;+1. The number of alkyl halides is 2. The van der Waals surface area contributed by atoms with Gasteiger partial charge in [-0.25, -0.2) is 8.78 Å². The van der Waals surface area contributed by atoms with Crippen LogP contribution in [0, 0.1) is 20.8 Å². The Kier molecular flexibility index (Phi) is 9.90. The van der Waals surface area contributed by atoms with Crippen molar-refractivity contribution < 1.29 is 32.4 Å². The third kappa shape index (κ3) is 7.05. The Morgan fingerprint density at radius 3 is 2.43 bits per heavy atom. The molecule has 4 nitrogen and oxygen atoms in total. The molecule has 0 saturated carbocycles. The van der Waals surface area contributed by atoms with E-state index in [1.807, 2.05) is 18.0 Å². The smallest absolute Gasteiger partial charge is 0.384 e. The Balaban J connectivity index is 0.000000567. The van der Waals surface area contributed by atoms with Crippen LogP contribution in [0.4, 0.5) is 20.2 Å². The normalized spacial score (nSPS) is 12.2. The van der Waals surface area contributed by atoms with E-state index in [0.717, 1.165) is 38.7 Å². The Morgan fingerprint density at radius 1 is 1.20 bits per heavy atom. The van der Waals surface area contributed by atoms with Gasteiger partial charge in [0.1, 0.15) is 0 Å². The van der Waals surface area contributed by atoms with E-state index in [9.17, 15) is 13.6 Å². The predicted molar refractivity (Wildman–Crippen MR) is 115 cm³/mol. The molecule has 2 aromatic carbocycles. The van der Waals surface area contributed by atoms with Crippen molar-refractivity contribution >= 4 is 17.3 Å². The number of amides is 1. The van der Waals surface area contributed by atoms with Crippen LogP contribution in [0.5, 0.6) is 0 Å². The van der Waals surface area contributed by atoms with E-state index in [1.54, 1.807) is 18.2 Å². The molecule has 1 aliphatic heterocycles. The topological polar surface area (TPSA) is 44.4 Å². The van der Waals surface area contributed by atoms with Crippen LogP contribution in [0.15, 0.2) is 36.4 Å².